The van der Waals surface area contributed by atoms with Crippen LogP contribution in [0.5, 0.6) is 11.5 Å². The van der Waals surface area contributed by atoms with Gasteiger partial charge in [0, 0.05) is 67.6 Å². The molecule has 1 atom stereocenters. The predicted octanol–water partition coefficient (Wildman–Crippen LogP) is 5.63. The van der Waals surface area contributed by atoms with Gasteiger partial charge in [-0.3, -0.25) is 9.59 Å². The number of carbonyl (C=O) groups is 2. The first-order valence-corrected chi connectivity index (χ1v) is 15.4. The van der Waals surface area contributed by atoms with E-state index in [0.717, 1.165) is 55.2 Å². The van der Waals surface area contributed by atoms with Gasteiger partial charge in [0.25, 0.3) is 5.91 Å². The summed E-state index contributed by atoms with van der Waals surface area (Å²) in [4.78, 5) is 34.6. The number of likely N-dealkylation sites (tertiary alicyclic amines) is 2. The number of benzene rings is 2. The summed E-state index contributed by atoms with van der Waals surface area (Å²) in [5.41, 5.74) is 9.14. The van der Waals surface area contributed by atoms with E-state index in [9.17, 15) is 9.59 Å². The molecular weight excluding hydrogens is 526 g/mol. The summed E-state index contributed by atoms with van der Waals surface area (Å²) in [7, 11) is 0. The van der Waals surface area contributed by atoms with Crippen LogP contribution in [-0.2, 0) is 11.3 Å². The number of amides is 2. The average Bonchev–Trinajstić information content (AvgIpc) is 3.64. The number of anilines is 1. The number of nitrogen functional groups attached to an aromatic ring is 1. The van der Waals surface area contributed by atoms with Crippen molar-refractivity contribution in [1.82, 2.24) is 20.1 Å². The number of nitrogens with zero attached hydrogens (tertiary/aromatic N) is 3. The molecule has 2 aromatic carbocycles. The number of nitrogens with two attached hydrogens (primary N) is 1. The zero-order chi connectivity index (χ0) is 29.1. The number of rotatable bonds is 8. The second-order valence-electron chi connectivity index (χ2n) is 12.2. The molecule has 2 saturated heterocycles. The molecule has 3 fully saturated rings. The van der Waals surface area contributed by atoms with E-state index in [1.807, 2.05) is 53.4 Å². The molecule has 1 saturated carbocycles. The molecule has 3 aromatic rings. The van der Waals surface area contributed by atoms with Crippen LogP contribution in [0.4, 0.5) is 5.82 Å². The number of hydrogen-bond donors (Lipinski definition) is 2. The molecule has 6 rings (SSSR count). The van der Waals surface area contributed by atoms with Crippen molar-refractivity contribution in [3.8, 4) is 22.6 Å². The fraction of sp³-hybridized carbons (Fsp3) is 0.441. The summed E-state index contributed by atoms with van der Waals surface area (Å²) in [6, 6.07) is 18.0. The molecule has 220 valence electrons. The Morgan fingerprint density at radius 2 is 1.74 bits per heavy atom. The molecule has 0 bridgehead atoms. The van der Waals surface area contributed by atoms with Gasteiger partial charge in [-0.2, -0.15) is 0 Å². The van der Waals surface area contributed by atoms with Gasteiger partial charge in [0.2, 0.25) is 5.91 Å². The lowest BCUT2D eigenvalue weighted by atomic mass is 10.0. The Kier molecular flexibility index (Phi) is 8.42. The third-order valence-corrected chi connectivity index (χ3v) is 9.01. The molecule has 1 unspecified atom stereocenters. The molecule has 2 aliphatic heterocycles. The van der Waals surface area contributed by atoms with Crippen molar-refractivity contribution >= 4 is 17.6 Å². The van der Waals surface area contributed by atoms with Gasteiger partial charge in [0.1, 0.15) is 17.3 Å². The number of nitrogens with one attached hydrogen (secondary N) is 1. The molecule has 0 radical (unpaired) electrons. The zero-order valence-corrected chi connectivity index (χ0v) is 24.4. The smallest absolute Gasteiger partial charge is 0.251 e. The Morgan fingerprint density at radius 1 is 1.00 bits per heavy atom. The van der Waals surface area contributed by atoms with Crippen molar-refractivity contribution in [2.45, 2.75) is 70.5 Å². The minimum absolute atomic E-state index is 0.0808. The number of hydrogen-bond acceptors (Lipinski definition) is 6. The highest BCUT2D eigenvalue weighted by atomic mass is 16.5. The molecule has 42 heavy (non-hydrogen) atoms. The van der Waals surface area contributed by atoms with Crippen LogP contribution in [0.25, 0.3) is 11.1 Å². The summed E-state index contributed by atoms with van der Waals surface area (Å²) in [6.45, 7) is 5.37. The summed E-state index contributed by atoms with van der Waals surface area (Å²) in [6.07, 6.45) is 9.60. The van der Waals surface area contributed by atoms with Crippen molar-refractivity contribution in [3.63, 3.8) is 0 Å². The lowest BCUT2D eigenvalue weighted by Crippen LogP contribution is -2.47. The third-order valence-electron chi connectivity index (χ3n) is 9.01. The van der Waals surface area contributed by atoms with Gasteiger partial charge >= 0.3 is 0 Å². The van der Waals surface area contributed by atoms with Gasteiger partial charge in [-0.05, 0) is 73.6 Å². The first-order valence-electron chi connectivity index (χ1n) is 15.4. The summed E-state index contributed by atoms with van der Waals surface area (Å²) >= 11 is 0. The fourth-order valence-electron chi connectivity index (χ4n) is 6.62. The third kappa shape index (κ3) is 6.59. The Labute approximate surface area is 248 Å². The normalized spacial score (nSPS) is 20.3. The topological polar surface area (TPSA) is 101 Å². The molecule has 0 spiro atoms. The van der Waals surface area contributed by atoms with Crippen LogP contribution in [0.1, 0.15) is 67.8 Å². The lowest BCUT2D eigenvalue weighted by Gasteiger charge is -2.36. The van der Waals surface area contributed by atoms with Crippen LogP contribution in [0.3, 0.4) is 0 Å². The highest BCUT2D eigenvalue weighted by molar-refractivity contribution is 5.95. The second kappa shape index (κ2) is 12.5. The second-order valence-corrected chi connectivity index (χ2v) is 12.2. The number of ether oxygens (including phenoxy) is 1. The van der Waals surface area contributed by atoms with E-state index in [0.29, 0.717) is 41.8 Å². The van der Waals surface area contributed by atoms with Gasteiger partial charge in [-0.15, -0.1) is 0 Å². The summed E-state index contributed by atoms with van der Waals surface area (Å²) in [5.74, 6) is 2.13. The van der Waals surface area contributed by atoms with Crippen LogP contribution in [-0.4, -0.2) is 58.3 Å². The van der Waals surface area contributed by atoms with E-state index in [4.69, 9.17) is 10.5 Å². The minimum atomic E-state index is -0.0808. The molecule has 1 aliphatic carbocycles. The van der Waals surface area contributed by atoms with Crippen LogP contribution >= 0.6 is 0 Å². The number of aromatic nitrogens is 1. The minimum Gasteiger partial charge on any atom is -0.457 e. The fourth-order valence-corrected chi connectivity index (χ4v) is 6.62. The largest absolute Gasteiger partial charge is 0.457 e. The molecular formula is C34H41N5O3. The maximum Gasteiger partial charge on any atom is 0.251 e. The van der Waals surface area contributed by atoms with E-state index in [1.54, 1.807) is 12.3 Å². The predicted molar refractivity (Wildman–Crippen MR) is 164 cm³/mol. The van der Waals surface area contributed by atoms with Crippen molar-refractivity contribution < 1.29 is 14.3 Å². The Morgan fingerprint density at radius 3 is 2.40 bits per heavy atom. The molecule has 3 heterocycles. The Hall–Kier alpha value is -3.91. The van der Waals surface area contributed by atoms with E-state index >= 15 is 0 Å². The van der Waals surface area contributed by atoms with Crippen LogP contribution < -0.4 is 15.8 Å². The molecule has 2 amide bonds. The number of carbonyl (C=O) groups excluding carboxylic acids is 2. The van der Waals surface area contributed by atoms with Crippen molar-refractivity contribution in [3.05, 3.63) is 71.9 Å². The Bertz CT molecular complexity index is 1390. The average molecular weight is 568 g/mol. The van der Waals surface area contributed by atoms with E-state index in [-0.39, 0.29) is 17.9 Å². The van der Waals surface area contributed by atoms with Crippen LogP contribution in [0.15, 0.2) is 60.8 Å². The quantitative estimate of drug-likeness (QED) is 0.366. The molecule has 1 aromatic heterocycles. The van der Waals surface area contributed by atoms with Gasteiger partial charge in [0.15, 0.2) is 0 Å². The monoisotopic (exact) mass is 567 g/mol. The van der Waals surface area contributed by atoms with Crippen molar-refractivity contribution in [1.29, 1.82) is 0 Å². The maximum absolute atomic E-state index is 13.4. The SMILES string of the molecule is CC1CC(=O)N(Cc2ccc(C(=O)NC3CCN(C4CCCC4)CC3)cc2Oc2ccc(-c3ccc(N)nc3)cc2)C1. The molecule has 8 nitrogen and oxygen atoms in total. The van der Waals surface area contributed by atoms with Crippen molar-refractivity contribution in [2.75, 3.05) is 25.4 Å². The Balaban J connectivity index is 1.17. The van der Waals surface area contributed by atoms with E-state index < -0.39 is 0 Å². The molecule has 8 heteroatoms. The van der Waals surface area contributed by atoms with Gasteiger partial charge in [-0.1, -0.05) is 38.0 Å². The van der Waals surface area contributed by atoms with Crippen LogP contribution in [0.2, 0.25) is 0 Å². The van der Waals surface area contributed by atoms with Gasteiger partial charge < -0.3 is 25.6 Å². The zero-order valence-electron chi connectivity index (χ0n) is 24.4. The van der Waals surface area contributed by atoms with Gasteiger partial charge in [0.05, 0.1) is 0 Å². The highest BCUT2D eigenvalue weighted by Gasteiger charge is 2.29. The maximum atomic E-state index is 13.4. The molecule has 3 N–H and O–H groups in total. The van der Waals surface area contributed by atoms with Gasteiger partial charge in [-0.25, -0.2) is 4.98 Å². The molecule has 3 aliphatic rings. The van der Waals surface area contributed by atoms with Crippen molar-refractivity contribution in [2.24, 2.45) is 5.92 Å². The van der Waals surface area contributed by atoms with Crippen LogP contribution in [0, 0.1) is 5.92 Å². The standard InChI is InChI=1S/C34H41N5O3/c1-23-18-33(40)39(21-23)22-27-7-6-25(34(41)37-28-14-16-38(17-15-28)29-4-2-3-5-29)19-31(27)42-30-11-8-24(9-12-30)26-10-13-32(35)36-20-26/h6-13,19-20,23,28-29H,2-5,14-18,21-22H2,1H3,(H2,35,36)(H,37,41). The lowest BCUT2D eigenvalue weighted by molar-refractivity contribution is -0.128. The van der Waals surface area contributed by atoms with E-state index in [1.165, 1.54) is 25.7 Å². The van der Waals surface area contributed by atoms with E-state index in [2.05, 4.69) is 22.1 Å². The first-order chi connectivity index (χ1) is 20.4. The number of pyridine rings is 1. The first kappa shape index (κ1) is 28.2. The summed E-state index contributed by atoms with van der Waals surface area (Å²) < 4.78 is 6.38. The highest BCUT2D eigenvalue weighted by Crippen LogP contribution is 2.32. The number of piperidine rings is 1. The summed E-state index contributed by atoms with van der Waals surface area (Å²) in [5, 5.41) is 3.27.